The van der Waals surface area contributed by atoms with Crippen molar-refractivity contribution < 1.29 is 14.6 Å². The van der Waals surface area contributed by atoms with E-state index in [1.54, 1.807) is 0 Å². The molecule has 0 amide bonds. The summed E-state index contributed by atoms with van der Waals surface area (Å²) in [6.07, 6.45) is 0.838. The highest BCUT2D eigenvalue weighted by atomic mass is 16.7. The third-order valence-electron chi connectivity index (χ3n) is 4.76. The fourth-order valence-corrected chi connectivity index (χ4v) is 3.84. The van der Waals surface area contributed by atoms with E-state index >= 15 is 0 Å². The molecule has 3 saturated heterocycles. The monoisotopic (exact) mass is 232 g/mol. The second-order valence-electron chi connectivity index (χ2n) is 5.90. The van der Waals surface area contributed by atoms with Crippen molar-refractivity contribution in [2.45, 2.75) is 49.3 Å². The summed E-state index contributed by atoms with van der Waals surface area (Å²) in [7, 11) is 0. The summed E-state index contributed by atoms with van der Waals surface area (Å²) in [6.45, 7) is 4.02. The molecule has 3 nitrogen and oxygen atoms in total. The van der Waals surface area contributed by atoms with E-state index in [0.29, 0.717) is 6.42 Å². The number of hydrogen-bond donors (Lipinski definition) is 1. The van der Waals surface area contributed by atoms with E-state index in [2.05, 4.69) is 0 Å². The van der Waals surface area contributed by atoms with Crippen LogP contribution in [0.2, 0.25) is 0 Å². The molecule has 3 heteroatoms. The zero-order valence-electron chi connectivity index (χ0n) is 10.0. The number of ether oxygens (including phenoxy) is 2. The molecule has 5 unspecified atom stereocenters. The second-order valence-corrected chi connectivity index (χ2v) is 5.90. The Morgan fingerprint density at radius 3 is 2.47 bits per heavy atom. The van der Waals surface area contributed by atoms with E-state index < -0.39 is 11.2 Å². The van der Waals surface area contributed by atoms with Gasteiger partial charge in [0.25, 0.3) is 0 Å². The van der Waals surface area contributed by atoms with E-state index in [1.807, 2.05) is 44.2 Å². The van der Waals surface area contributed by atoms with Gasteiger partial charge in [0.2, 0.25) is 0 Å². The van der Waals surface area contributed by atoms with Crippen molar-refractivity contribution >= 4 is 0 Å². The fraction of sp³-hybridized carbons (Fsp3) is 0.571. The Kier molecular flexibility index (Phi) is 1.53. The average Bonchev–Trinajstić information content (AvgIpc) is 3.03. The fourth-order valence-electron chi connectivity index (χ4n) is 3.84. The van der Waals surface area contributed by atoms with Gasteiger partial charge in [0.05, 0.1) is 5.60 Å². The quantitative estimate of drug-likeness (QED) is 0.748. The minimum absolute atomic E-state index is 0.0476. The molecule has 0 spiro atoms. The van der Waals surface area contributed by atoms with E-state index in [0.717, 1.165) is 5.56 Å². The number of benzene rings is 1. The van der Waals surface area contributed by atoms with E-state index in [4.69, 9.17) is 9.47 Å². The minimum atomic E-state index is -0.930. The molecule has 90 valence electrons. The molecule has 0 aromatic heterocycles. The van der Waals surface area contributed by atoms with Crippen molar-refractivity contribution in [3.63, 3.8) is 0 Å². The molecule has 0 aliphatic carbocycles. The van der Waals surface area contributed by atoms with Gasteiger partial charge in [0, 0.05) is 6.42 Å². The van der Waals surface area contributed by atoms with Gasteiger partial charge in [-0.05, 0) is 19.4 Å². The van der Waals surface area contributed by atoms with Crippen molar-refractivity contribution in [2.75, 3.05) is 0 Å². The van der Waals surface area contributed by atoms with Crippen LogP contribution in [0.15, 0.2) is 30.3 Å². The first-order valence-electron chi connectivity index (χ1n) is 6.13. The van der Waals surface area contributed by atoms with Crippen molar-refractivity contribution in [3.8, 4) is 0 Å². The summed E-state index contributed by atoms with van der Waals surface area (Å²) in [6, 6.07) is 9.81. The number of rotatable bonds is 1. The van der Waals surface area contributed by atoms with Crippen LogP contribution in [-0.2, 0) is 15.1 Å². The summed E-state index contributed by atoms with van der Waals surface area (Å²) in [5.41, 5.74) is -0.932. The lowest BCUT2D eigenvalue weighted by atomic mass is 9.69. The lowest BCUT2D eigenvalue weighted by Crippen LogP contribution is -2.51. The Balaban J connectivity index is 1.86. The van der Waals surface area contributed by atoms with Crippen molar-refractivity contribution in [1.29, 1.82) is 0 Å². The largest absolute Gasteiger partial charge is 0.382 e. The van der Waals surface area contributed by atoms with Gasteiger partial charge in [0.1, 0.15) is 23.4 Å². The van der Waals surface area contributed by atoms with E-state index in [-0.39, 0.29) is 17.8 Å². The maximum Gasteiger partial charge on any atom is 0.128 e. The lowest BCUT2D eigenvalue weighted by Gasteiger charge is -2.37. The van der Waals surface area contributed by atoms with Gasteiger partial charge in [-0.1, -0.05) is 30.3 Å². The van der Waals surface area contributed by atoms with E-state index in [1.165, 1.54) is 0 Å². The molecule has 1 N–H and O–H groups in total. The molecule has 3 fully saturated rings. The molecule has 3 aliphatic rings. The van der Waals surface area contributed by atoms with Gasteiger partial charge in [-0.15, -0.1) is 0 Å². The molecule has 1 aromatic carbocycles. The number of epoxide rings is 1. The third-order valence-corrected chi connectivity index (χ3v) is 4.76. The SMILES string of the molecule is CC12CC(O)(c3ccccc3)C(C)(O1)C1OC12. The molecule has 4 rings (SSSR count). The predicted octanol–water partition coefficient (Wildman–Crippen LogP) is 1.59. The Morgan fingerprint density at radius 2 is 1.88 bits per heavy atom. The van der Waals surface area contributed by atoms with Crippen molar-refractivity contribution in [2.24, 2.45) is 0 Å². The number of aliphatic hydroxyl groups is 1. The van der Waals surface area contributed by atoms with Gasteiger partial charge < -0.3 is 14.6 Å². The Labute approximate surface area is 100 Å². The molecular formula is C14H16O3. The smallest absolute Gasteiger partial charge is 0.128 e. The predicted molar refractivity (Wildman–Crippen MR) is 61.5 cm³/mol. The van der Waals surface area contributed by atoms with Crippen molar-refractivity contribution in [1.82, 2.24) is 0 Å². The second kappa shape index (κ2) is 2.58. The van der Waals surface area contributed by atoms with Crippen LogP contribution in [0.5, 0.6) is 0 Å². The highest BCUT2D eigenvalue weighted by molar-refractivity contribution is 5.37. The molecule has 1 aromatic rings. The normalized spacial score (nSPS) is 54.8. The van der Waals surface area contributed by atoms with Crippen LogP contribution in [0.3, 0.4) is 0 Å². The molecule has 17 heavy (non-hydrogen) atoms. The van der Waals surface area contributed by atoms with Crippen LogP contribution in [-0.4, -0.2) is 28.5 Å². The van der Waals surface area contributed by atoms with Gasteiger partial charge in [-0.2, -0.15) is 0 Å². The molecule has 2 bridgehead atoms. The molecule has 0 radical (unpaired) electrons. The number of fused-ring (bicyclic) bond motifs is 5. The molecule has 3 aliphatic heterocycles. The van der Waals surface area contributed by atoms with Gasteiger partial charge >= 0.3 is 0 Å². The summed E-state index contributed by atoms with van der Waals surface area (Å²) in [4.78, 5) is 0. The Bertz CT molecular complexity index is 488. The topological polar surface area (TPSA) is 42.0 Å². The average molecular weight is 232 g/mol. The standard InChI is InChI=1S/C14H16O3/c1-12-8-14(15,9-6-4-3-5-7-9)13(2,17-12)11-10(12)16-11/h3-7,10-11,15H,8H2,1-2H3. The lowest BCUT2D eigenvalue weighted by molar-refractivity contribution is -0.149. The molecular weight excluding hydrogens is 216 g/mol. The zero-order valence-corrected chi connectivity index (χ0v) is 10.0. The Morgan fingerprint density at radius 1 is 1.18 bits per heavy atom. The molecule has 0 saturated carbocycles. The van der Waals surface area contributed by atoms with Gasteiger partial charge in [-0.25, -0.2) is 0 Å². The summed E-state index contributed by atoms with van der Waals surface area (Å²) in [5.74, 6) is 0. The summed E-state index contributed by atoms with van der Waals surface area (Å²) < 4.78 is 11.8. The third kappa shape index (κ3) is 0.955. The van der Waals surface area contributed by atoms with Crippen LogP contribution in [0, 0.1) is 0 Å². The van der Waals surface area contributed by atoms with Gasteiger partial charge in [0.15, 0.2) is 0 Å². The minimum Gasteiger partial charge on any atom is -0.382 e. The van der Waals surface area contributed by atoms with Crippen LogP contribution < -0.4 is 0 Å². The first-order valence-corrected chi connectivity index (χ1v) is 6.13. The molecule has 5 atom stereocenters. The zero-order chi connectivity index (χ0) is 11.9. The number of hydrogen-bond acceptors (Lipinski definition) is 3. The van der Waals surface area contributed by atoms with Gasteiger partial charge in [-0.3, -0.25) is 0 Å². The highest BCUT2D eigenvalue weighted by Crippen LogP contribution is 2.67. The summed E-state index contributed by atoms with van der Waals surface area (Å²) in [5, 5.41) is 11.1. The van der Waals surface area contributed by atoms with Crippen LogP contribution >= 0.6 is 0 Å². The van der Waals surface area contributed by atoms with Crippen LogP contribution in [0.1, 0.15) is 25.8 Å². The Hall–Kier alpha value is -0.900. The maximum atomic E-state index is 11.1. The van der Waals surface area contributed by atoms with Crippen molar-refractivity contribution in [3.05, 3.63) is 35.9 Å². The van der Waals surface area contributed by atoms with Crippen LogP contribution in [0.25, 0.3) is 0 Å². The maximum absolute atomic E-state index is 11.1. The summed E-state index contributed by atoms with van der Waals surface area (Å²) >= 11 is 0. The highest BCUT2D eigenvalue weighted by Gasteiger charge is 2.82. The first-order chi connectivity index (χ1) is 8.00. The first kappa shape index (κ1) is 10.1. The molecule has 3 heterocycles. The van der Waals surface area contributed by atoms with Crippen LogP contribution in [0.4, 0.5) is 0 Å². The van der Waals surface area contributed by atoms with E-state index in [9.17, 15) is 5.11 Å².